The Hall–Kier alpha value is -0.710. The molecule has 2 N–H and O–H groups in total. The molecule has 0 aromatic rings. The molecule has 10 heavy (non-hydrogen) atoms. The van der Waals surface area contributed by atoms with Crippen molar-refractivity contribution in [3.05, 3.63) is 0 Å². The van der Waals surface area contributed by atoms with Gasteiger partial charge in [-0.3, -0.25) is 0 Å². The molecule has 1 atom stereocenters. The number of oxime groups is 2. The van der Waals surface area contributed by atoms with Crippen LogP contribution in [0.25, 0.3) is 0 Å². The van der Waals surface area contributed by atoms with Gasteiger partial charge >= 0.3 is 0 Å². The van der Waals surface area contributed by atoms with Crippen LogP contribution in [0, 0.1) is 5.92 Å². The minimum absolute atomic E-state index is 0.134. The maximum atomic E-state index is 8.35. The third kappa shape index (κ3) is 2.72. The molecule has 0 aliphatic rings. The van der Waals surface area contributed by atoms with Crippen molar-refractivity contribution in [2.45, 2.75) is 6.92 Å². The third-order valence-electron chi connectivity index (χ3n) is 0.987. The Morgan fingerprint density at radius 3 is 2.50 bits per heavy atom. The molecular formula is C5H10N2O2S. The molecule has 0 aromatic heterocycles. The minimum Gasteiger partial charge on any atom is -0.411 e. The first-order valence-corrected chi connectivity index (χ1v) is 3.92. The first kappa shape index (κ1) is 9.29. The molecular weight excluding hydrogens is 152 g/mol. The van der Waals surface area contributed by atoms with Crippen molar-refractivity contribution >= 4 is 23.0 Å². The summed E-state index contributed by atoms with van der Waals surface area (Å²) in [6.07, 6.45) is 3.09. The van der Waals surface area contributed by atoms with Crippen LogP contribution in [0.15, 0.2) is 10.3 Å². The molecule has 0 saturated heterocycles. The van der Waals surface area contributed by atoms with E-state index in [1.165, 1.54) is 18.0 Å². The Bertz CT molecular complexity index is 147. The summed E-state index contributed by atoms with van der Waals surface area (Å²) in [6.45, 7) is 1.77. The average molecular weight is 162 g/mol. The molecule has 0 fully saturated rings. The normalized spacial score (nSPS) is 16.0. The molecule has 0 amide bonds. The maximum Gasteiger partial charge on any atom is 0.120 e. The highest BCUT2D eigenvalue weighted by molar-refractivity contribution is 8.13. The topological polar surface area (TPSA) is 65.2 Å². The van der Waals surface area contributed by atoms with Crippen molar-refractivity contribution in [1.29, 1.82) is 0 Å². The molecule has 4 nitrogen and oxygen atoms in total. The molecule has 1 unspecified atom stereocenters. The average Bonchev–Trinajstić information content (AvgIpc) is 1.91. The lowest BCUT2D eigenvalue weighted by Gasteiger charge is -2.01. The van der Waals surface area contributed by atoms with E-state index in [4.69, 9.17) is 10.4 Å². The summed E-state index contributed by atoms with van der Waals surface area (Å²) in [4.78, 5) is 0. The first-order valence-electron chi connectivity index (χ1n) is 2.69. The predicted molar refractivity (Wildman–Crippen MR) is 42.2 cm³/mol. The highest BCUT2D eigenvalue weighted by atomic mass is 32.2. The number of nitrogens with zero attached hydrogens (tertiary/aromatic N) is 2. The zero-order valence-electron chi connectivity index (χ0n) is 5.85. The number of hydrogen-bond donors (Lipinski definition) is 2. The van der Waals surface area contributed by atoms with Crippen LogP contribution in [-0.2, 0) is 0 Å². The molecule has 0 aromatic carbocycles. The second kappa shape index (κ2) is 5.10. The molecule has 0 aliphatic heterocycles. The van der Waals surface area contributed by atoms with E-state index in [-0.39, 0.29) is 5.92 Å². The van der Waals surface area contributed by atoms with Crippen LogP contribution in [0.5, 0.6) is 0 Å². The van der Waals surface area contributed by atoms with Gasteiger partial charge in [0.2, 0.25) is 0 Å². The van der Waals surface area contributed by atoms with Crippen LogP contribution in [0.2, 0.25) is 0 Å². The molecule has 0 saturated carbocycles. The summed E-state index contributed by atoms with van der Waals surface area (Å²) in [7, 11) is 0. The van der Waals surface area contributed by atoms with Gasteiger partial charge in [0.15, 0.2) is 0 Å². The van der Waals surface area contributed by atoms with Crippen molar-refractivity contribution < 1.29 is 10.4 Å². The standard InChI is InChI=1S/C5H10N2O2S/c1-4(3-6-8)5(7-9)10-2/h3-4,8-9H,1-2H3. The van der Waals surface area contributed by atoms with E-state index in [2.05, 4.69) is 10.3 Å². The fourth-order valence-corrected chi connectivity index (χ4v) is 0.996. The van der Waals surface area contributed by atoms with Crippen molar-refractivity contribution in [3.8, 4) is 0 Å². The van der Waals surface area contributed by atoms with Gasteiger partial charge in [0.1, 0.15) is 5.04 Å². The van der Waals surface area contributed by atoms with E-state index in [1.54, 1.807) is 13.2 Å². The van der Waals surface area contributed by atoms with Gasteiger partial charge in [-0.15, -0.1) is 16.9 Å². The molecule has 0 bridgehead atoms. The summed E-state index contributed by atoms with van der Waals surface area (Å²) >= 11 is 1.32. The number of rotatable bonds is 2. The number of hydrogen-bond acceptors (Lipinski definition) is 5. The van der Waals surface area contributed by atoms with E-state index >= 15 is 0 Å². The molecule has 0 spiro atoms. The molecule has 58 valence electrons. The maximum absolute atomic E-state index is 8.35. The second-order valence-corrected chi connectivity index (χ2v) is 2.52. The summed E-state index contributed by atoms with van der Waals surface area (Å²) in [5, 5.41) is 22.8. The van der Waals surface area contributed by atoms with Crippen molar-refractivity contribution in [3.63, 3.8) is 0 Å². The van der Waals surface area contributed by atoms with Gasteiger partial charge in [-0.1, -0.05) is 12.1 Å². The molecule has 0 rings (SSSR count). The smallest absolute Gasteiger partial charge is 0.120 e. The molecule has 0 radical (unpaired) electrons. The Morgan fingerprint density at radius 2 is 2.20 bits per heavy atom. The molecule has 0 aliphatic carbocycles. The largest absolute Gasteiger partial charge is 0.411 e. The monoisotopic (exact) mass is 162 g/mol. The van der Waals surface area contributed by atoms with Crippen molar-refractivity contribution in [2.24, 2.45) is 16.2 Å². The fraction of sp³-hybridized carbons (Fsp3) is 0.600. The lowest BCUT2D eigenvalue weighted by Crippen LogP contribution is -2.07. The quantitative estimate of drug-likeness (QED) is 0.278. The van der Waals surface area contributed by atoms with Gasteiger partial charge < -0.3 is 10.4 Å². The van der Waals surface area contributed by atoms with Crippen LogP contribution in [0.4, 0.5) is 0 Å². The van der Waals surface area contributed by atoms with Crippen LogP contribution in [0.3, 0.4) is 0 Å². The van der Waals surface area contributed by atoms with E-state index in [9.17, 15) is 0 Å². The summed E-state index contributed by atoms with van der Waals surface area (Å²) in [5.74, 6) is -0.134. The first-order chi connectivity index (χ1) is 4.76. The van der Waals surface area contributed by atoms with Gasteiger partial charge in [-0.2, -0.15) is 0 Å². The Kier molecular flexibility index (Phi) is 4.74. The minimum atomic E-state index is -0.134. The molecule has 5 heteroatoms. The lowest BCUT2D eigenvalue weighted by atomic mass is 10.2. The predicted octanol–water partition coefficient (Wildman–Crippen LogP) is 1.23. The van der Waals surface area contributed by atoms with E-state index < -0.39 is 0 Å². The zero-order valence-corrected chi connectivity index (χ0v) is 6.67. The Balaban J connectivity index is 4.03. The van der Waals surface area contributed by atoms with Gasteiger partial charge in [-0.05, 0) is 6.26 Å². The summed E-state index contributed by atoms with van der Waals surface area (Å²) in [6, 6.07) is 0. The Morgan fingerprint density at radius 1 is 1.60 bits per heavy atom. The summed E-state index contributed by atoms with van der Waals surface area (Å²) < 4.78 is 0. The fourth-order valence-electron chi connectivity index (χ4n) is 0.482. The van der Waals surface area contributed by atoms with Gasteiger partial charge in [0, 0.05) is 5.92 Å². The van der Waals surface area contributed by atoms with Gasteiger partial charge in [0.25, 0.3) is 0 Å². The SMILES string of the molecule is CSC(=NO)C(C)C=NO. The van der Waals surface area contributed by atoms with Crippen LogP contribution < -0.4 is 0 Å². The second-order valence-electron chi connectivity index (χ2n) is 1.70. The van der Waals surface area contributed by atoms with Crippen LogP contribution >= 0.6 is 11.8 Å². The lowest BCUT2D eigenvalue weighted by molar-refractivity contribution is 0.316. The summed E-state index contributed by atoms with van der Waals surface area (Å²) in [5.41, 5.74) is 0. The van der Waals surface area contributed by atoms with Crippen LogP contribution in [0.1, 0.15) is 6.92 Å². The highest BCUT2D eigenvalue weighted by Crippen LogP contribution is 2.06. The zero-order chi connectivity index (χ0) is 7.98. The van der Waals surface area contributed by atoms with Crippen molar-refractivity contribution in [2.75, 3.05) is 6.26 Å². The van der Waals surface area contributed by atoms with E-state index in [0.717, 1.165) is 0 Å². The van der Waals surface area contributed by atoms with Gasteiger partial charge in [-0.25, -0.2) is 0 Å². The van der Waals surface area contributed by atoms with Crippen LogP contribution in [-0.4, -0.2) is 27.9 Å². The van der Waals surface area contributed by atoms with Gasteiger partial charge in [0.05, 0.1) is 6.21 Å². The third-order valence-corrected chi connectivity index (χ3v) is 1.86. The number of thioether (sulfide) groups is 1. The van der Waals surface area contributed by atoms with E-state index in [0.29, 0.717) is 5.04 Å². The Labute approximate surface area is 63.6 Å². The van der Waals surface area contributed by atoms with E-state index in [1.807, 2.05) is 0 Å². The van der Waals surface area contributed by atoms with Crippen molar-refractivity contribution in [1.82, 2.24) is 0 Å². The highest BCUT2D eigenvalue weighted by Gasteiger charge is 2.06. The molecule has 0 heterocycles.